The van der Waals surface area contributed by atoms with Crippen LogP contribution in [0.25, 0.3) is 0 Å². The molecule has 2 aromatic heterocycles. The molecule has 0 amide bonds. The van der Waals surface area contributed by atoms with Crippen LogP contribution in [-0.2, 0) is 6.54 Å². The number of anilines is 1. The third kappa shape index (κ3) is 2.55. The topological polar surface area (TPSA) is 48.7 Å². The molecule has 0 aliphatic heterocycles. The van der Waals surface area contributed by atoms with Gasteiger partial charge in [0, 0.05) is 11.4 Å². The molecule has 0 aliphatic carbocycles. The van der Waals surface area contributed by atoms with Crippen molar-refractivity contribution in [1.29, 1.82) is 5.26 Å². The number of thiophene rings is 1. The van der Waals surface area contributed by atoms with Crippen molar-refractivity contribution in [1.82, 2.24) is 4.98 Å². The molecule has 0 atom stereocenters. The van der Waals surface area contributed by atoms with Crippen molar-refractivity contribution in [2.45, 2.75) is 6.54 Å². The van der Waals surface area contributed by atoms with Crippen LogP contribution in [0, 0.1) is 11.3 Å². The molecule has 0 aliphatic rings. The van der Waals surface area contributed by atoms with Crippen molar-refractivity contribution in [2.75, 3.05) is 5.32 Å². The predicted octanol–water partition coefficient (Wildman–Crippen LogP) is 2.63. The van der Waals surface area contributed by atoms with Crippen molar-refractivity contribution in [3.05, 3.63) is 46.4 Å². The summed E-state index contributed by atoms with van der Waals surface area (Å²) in [6.45, 7) is 0.797. The fraction of sp³-hybridized carbons (Fsp3) is 0.0909. The smallest absolute Gasteiger partial charge is 0.140 e. The first kappa shape index (κ1) is 9.69. The number of rotatable bonds is 3. The van der Waals surface area contributed by atoms with E-state index in [9.17, 15) is 0 Å². The zero-order chi connectivity index (χ0) is 10.5. The Kier molecular flexibility index (Phi) is 2.96. The van der Waals surface area contributed by atoms with Gasteiger partial charge < -0.3 is 5.32 Å². The number of hydrogen-bond acceptors (Lipinski definition) is 4. The number of nitrogens with zero attached hydrogens (tertiary/aromatic N) is 2. The molecule has 0 saturated heterocycles. The second kappa shape index (κ2) is 4.58. The lowest BCUT2D eigenvalue weighted by atomic mass is 10.3. The minimum Gasteiger partial charge on any atom is -0.379 e. The normalized spacial score (nSPS) is 9.53. The van der Waals surface area contributed by atoms with Gasteiger partial charge in [-0.3, -0.25) is 0 Å². The number of hydrogen-bond donors (Lipinski definition) is 1. The highest BCUT2D eigenvalue weighted by Gasteiger charge is 1.95. The predicted molar refractivity (Wildman–Crippen MR) is 60.6 cm³/mol. The molecule has 2 aromatic rings. The van der Waals surface area contributed by atoms with Crippen LogP contribution in [0.15, 0.2) is 35.8 Å². The summed E-state index contributed by atoms with van der Waals surface area (Å²) in [5.74, 6) is 0. The summed E-state index contributed by atoms with van der Waals surface area (Å²) in [5.41, 5.74) is 1.37. The SMILES string of the molecule is N#Cc1ccc(NCc2cccs2)cn1. The van der Waals surface area contributed by atoms with Crippen LogP contribution >= 0.6 is 11.3 Å². The second-order valence-electron chi connectivity index (χ2n) is 2.98. The molecular formula is C11H9N3S. The molecule has 0 unspecified atom stereocenters. The Bertz CT molecular complexity index is 454. The van der Waals surface area contributed by atoms with Crippen LogP contribution in [0.3, 0.4) is 0 Å². The molecule has 4 heteroatoms. The van der Waals surface area contributed by atoms with E-state index < -0.39 is 0 Å². The Morgan fingerprint density at radius 2 is 2.33 bits per heavy atom. The fourth-order valence-corrected chi connectivity index (χ4v) is 1.81. The van der Waals surface area contributed by atoms with Crippen LogP contribution in [0.1, 0.15) is 10.6 Å². The zero-order valence-electron chi connectivity index (χ0n) is 7.97. The molecule has 0 radical (unpaired) electrons. The summed E-state index contributed by atoms with van der Waals surface area (Å²) in [6, 6.07) is 9.66. The van der Waals surface area contributed by atoms with Crippen molar-refractivity contribution in [3.8, 4) is 6.07 Å². The Balaban J connectivity index is 1.97. The highest BCUT2D eigenvalue weighted by molar-refractivity contribution is 7.09. The van der Waals surface area contributed by atoms with E-state index in [0.29, 0.717) is 5.69 Å². The molecule has 0 saturated carbocycles. The highest BCUT2D eigenvalue weighted by atomic mass is 32.1. The zero-order valence-corrected chi connectivity index (χ0v) is 8.79. The summed E-state index contributed by atoms with van der Waals surface area (Å²) in [4.78, 5) is 5.25. The van der Waals surface area contributed by atoms with Gasteiger partial charge in [0.05, 0.1) is 11.9 Å². The van der Waals surface area contributed by atoms with Gasteiger partial charge in [-0.15, -0.1) is 11.3 Å². The van der Waals surface area contributed by atoms with Crippen LogP contribution in [0.5, 0.6) is 0 Å². The van der Waals surface area contributed by atoms with Gasteiger partial charge >= 0.3 is 0 Å². The second-order valence-corrected chi connectivity index (χ2v) is 4.01. The van der Waals surface area contributed by atoms with E-state index in [-0.39, 0.29) is 0 Å². The fourth-order valence-electron chi connectivity index (χ4n) is 1.17. The van der Waals surface area contributed by atoms with Crippen molar-refractivity contribution in [2.24, 2.45) is 0 Å². The Morgan fingerprint density at radius 3 is 2.93 bits per heavy atom. The minimum absolute atomic E-state index is 0.441. The third-order valence-electron chi connectivity index (χ3n) is 1.92. The van der Waals surface area contributed by atoms with Gasteiger partial charge in [0.2, 0.25) is 0 Å². The van der Waals surface area contributed by atoms with E-state index in [1.54, 1.807) is 23.6 Å². The maximum atomic E-state index is 8.58. The van der Waals surface area contributed by atoms with Crippen LogP contribution in [0.4, 0.5) is 5.69 Å². The summed E-state index contributed by atoms with van der Waals surface area (Å²) >= 11 is 1.71. The molecule has 0 bridgehead atoms. The van der Waals surface area contributed by atoms with E-state index in [4.69, 9.17) is 5.26 Å². The summed E-state index contributed by atoms with van der Waals surface area (Å²) in [7, 11) is 0. The molecule has 2 rings (SSSR count). The van der Waals surface area contributed by atoms with Crippen molar-refractivity contribution < 1.29 is 0 Å². The van der Waals surface area contributed by atoms with E-state index in [0.717, 1.165) is 12.2 Å². The minimum atomic E-state index is 0.441. The van der Waals surface area contributed by atoms with Crippen LogP contribution in [0.2, 0.25) is 0 Å². The number of pyridine rings is 1. The highest BCUT2D eigenvalue weighted by Crippen LogP contribution is 2.12. The van der Waals surface area contributed by atoms with Gasteiger partial charge in [-0.25, -0.2) is 4.98 Å². The average molecular weight is 215 g/mol. The lowest BCUT2D eigenvalue weighted by molar-refractivity contribution is 1.16. The molecule has 15 heavy (non-hydrogen) atoms. The average Bonchev–Trinajstić information content (AvgIpc) is 2.80. The van der Waals surface area contributed by atoms with Crippen molar-refractivity contribution >= 4 is 17.0 Å². The molecule has 3 nitrogen and oxygen atoms in total. The summed E-state index contributed by atoms with van der Waals surface area (Å²) in [6.07, 6.45) is 1.67. The molecule has 2 heterocycles. The van der Waals surface area contributed by atoms with Gasteiger partial charge in [-0.2, -0.15) is 5.26 Å². The third-order valence-corrected chi connectivity index (χ3v) is 2.80. The Morgan fingerprint density at radius 1 is 1.40 bits per heavy atom. The molecule has 0 fully saturated rings. The molecule has 0 aromatic carbocycles. The first-order chi connectivity index (χ1) is 7.38. The van der Waals surface area contributed by atoms with Gasteiger partial charge in [-0.05, 0) is 23.6 Å². The Hall–Kier alpha value is -1.86. The van der Waals surface area contributed by atoms with Crippen LogP contribution in [-0.4, -0.2) is 4.98 Å². The Labute approximate surface area is 92.0 Å². The molecule has 0 spiro atoms. The number of nitriles is 1. The molecular weight excluding hydrogens is 206 g/mol. The lowest BCUT2D eigenvalue weighted by Crippen LogP contribution is -1.97. The maximum Gasteiger partial charge on any atom is 0.140 e. The number of aromatic nitrogens is 1. The quantitative estimate of drug-likeness (QED) is 0.856. The van der Waals surface area contributed by atoms with E-state index in [1.165, 1.54) is 4.88 Å². The first-order valence-corrected chi connectivity index (χ1v) is 5.39. The van der Waals surface area contributed by atoms with Gasteiger partial charge in [0.25, 0.3) is 0 Å². The summed E-state index contributed by atoms with van der Waals surface area (Å²) in [5, 5.41) is 13.9. The monoisotopic (exact) mass is 215 g/mol. The molecule has 1 N–H and O–H groups in total. The summed E-state index contributed by atoms with van der Waals surface area (Å²) < 4.78 is 0. The van der Waals surface area contributed by atoms with Gasteiger partial charge in [0.15, 0.2) is 0 Å². The molecule has 74 valence electrons. The first-order valence-electron chi connectivity index (χ1n) is 4.51. The van der Waals surface area contributed by atoms with E-state index in [2.05, 4.69) is 16.4 Å². The maximum absolute atomic E-state index is 8.58. The van der Waals surface area contributed by atoms with E-state index >= 15 is 0 Å². The van der Waals surface area contributed by atoms with E-state index in [1.807, 2.05) is 23.6 Å². The van der Waals surface area contributed by atoms with Gasteiger partial charge in [-0.1, -0.05) is 6.07 Å². The van der Waals surface area contributed by atoms with Crippen LogP contribution < -0.4 is 5.32 Å². The number of nitrogens with one attached hydrogen (secondary N) is 1. The lowest BCUT2D eigenvalue weighted by Gasteiger charge is -2.03. The van der Waals surface area contributed by atoms with Gasteiger partial charge in [0.1, 0.15) is 11.8 Å². The van der Waals surface area contributed by atoms with Crippen molar-refractivity contribution in [3.63, 3.8) is 0 Å². The standard InChI is InChI=1S/C11H9N3S/c12-6-9-3-4-10(7-13-9)14-8-11-2-1-5-15-11/h1-5,7,14H,8H2. The largest absolute Gasteiger partial charge is 0.379 e.